The fourth-order valence-corrected chi connectivity index (χ4v) is 3.16. The van der Waals surface area contributed by atoms with Crippen molar-refractivity contribution in [2.24, 2.45) is 5.10 Å². The summed E-state index contributed by atoms with van der Waals surface area (Å²) < 4.78 is 5.26. The number of hydrogen-bond acceptors (Lipinski definition) is 7. The number of hydrazone groups is 1. The van der Waals surface area contributed by atoms with Crippen LogP contribution in [0.1, 0.15) is 11.3 Å². The summed E-state index contributed by atoms with van der Waals surface area (Å²) in [5.41, 5.74) is 0.754. The van der Waals surface area contributed by atoms with Crippen LogP contribution >= 0.6 is 35.6 Å². The van der Waals surface area contributed by atoms with Gasteiger partial charge in [-0.05, 0) is 36.0 Å². The van der Waals surface area contributed by atoms with E-state index in [0.29, 0.717) is 5.02 Å². The number of benzene rings is 1. The standard InChI is InChI=1S/C15H8ClN3O4S2/c16-10-3-1-9(2-4-10)8-17-18-14(20)12(25-15(18)24)7-11-5-6-13(23-11)19(21)22/h1-8H/b12-7+,17-8+. The SMILES string of the molecule is O=C1/C(=C\c2ccc([N+](=O)[O-])o2)SC(=S)N1/N=C/c1ccc(Cl)cc1. The van der Waals surface area contributed by atoms with Crippen LogP contribution in [0, 0.1) is 10.1 Å². The zero-order valence-electron chi connectivity index (χ0n) is 12.3. The maximum Gasteiger partial charge on any atom is 0.433 e. The number of thioether (sulfide) groups is 1. The molecule has 1 aromatic heterocycles. The zero-order chi connectivity index (χ0) is 18.0. The Balaban J connectivity index is 1.78. The fraction of sp³-hybridized carbons (Fsp3) is 0. The molecule has 10 heteroatoms. The van der Waals surface area contributed by atoms with Gasteiger partial charge >= 0.3 is 5.88 Å². The lowest BCUT2D eigenvalue weighted by Gasteiger charge is -2.05. The fourth-order valence-electron chi connectivity index (χ4n) is 1.88. The molecule has 25 heavy (non-hydrogen) atoms. The second kappa shape index (κ2) is 7.18. The Morgan fingerprint density at radius 1 is 1.28 bits per heavy atom. The number of hydrogen-bond donors (Lipinski definition) is 0. The van der Waals surface area contributed by atoms with E-state index in [-0.39, 0.29) is 15.0 Å². The molecule has 2 heterocycles. The highest BCUT2D eigenvalue weighted by Gasteiger charge is 2.32. The highest BCUT2D eigenvalue weighted by atomic mass is 35.5. The molecule has 1 aliphatic rings. The highest BCUT2D eigenvalue weighted by Crippen LogP contribution is 2.33. The molecule has 0 radical (unpaired) electrons. The van der Waals surface area contributed by atoms with Crippen molar-refractivity contribution in [3.8, 4) is 0 Å². The summed E-state index contributed by atoms with van der Waals surface area (Å²) in [7, 11) is 0. The molecular formula is C15H8ClN3O4S2. The van der Waals surface area contributed by atoms with Crippen molar-refractivity contribution in [2.45, 2.75) is 0 Å². The van der Waals surface area contributed by atoms with Gasteiger partial charge in [0.05, 0.1) is 17.2 Å². The summed E-state index contributed by atoms with van der Waals surface area (Å²) in [5, 5.41) is 16.4. The lowest BCUT2D eigenvalue weighted by molar-refractivity contribution is -0.402. The Morgan fingerprint density at radius 2 is 2.00 bits per heavy atom. The van der Waals surface area contributed by atoms with Gasteiger partial charge in [0, 0.05) is 11.1 Å². The first-order chi connectivity index (χ1) is 11.9. The van der Waals surface area contributed by atoms with Crippen molar-refractivity contribution in [3.05, 3.63) is 67.8 Å². The van der Waals surface area contributed by atoms with Crippen LogP contribution in [0.4, 0.5) is 5.88 Å². The third-order valence-electron chi connectivity index (χ3n) is 3.03. The number of carbonyl (C=O) groups is 1. The second-order valence-electron chi connectivity index (χ2n) is 4.72. The normalized spacial score (nSPS) is 16.4. The molecule has 0 saturated carbocycles. The minimum atomic E-state index is -0.654. The number of thiocarbonyl (C=S) groups is 1. The average molecular weight is 394 g/mol. The predicted molar refractivity (Wildman–Crippen MR) is 99.4 cm³/mol. The van der Waals surface area contributed by atoms with Gasteiger partial charge in [0.15, 0.2) is 4.32 Å². The van der Waals surface area contributed by atoms with Crippen molar-refractivity contribution < 1.29 is 14.1 Å². The minimum absolute atomic E-state index is 0.189. The molecule has 1 saturated heterocycles. The van der Waals surface area contributed by atoms with Gasteiger partial charge in [0.25, 0.3) is 5.91 Å². The van der Waals surface area contributed by atoms with Crippen molar-refractivity contribution in [2.75, 3.05) is 0 Å². The van der Waals surface area contributed by atoms with Crippen LogP contribution in [0.5, 0.6) is 0 Å². The molecule has 0 N–H and O–H groups in total. The maximum absolute atomic E-state index is 12.4. The third kappa shape index (κ3) is 3.95. The Labute approximate surface area is 156 Å². The highest BCUT2D eigenvalue weighted by molar-refractivity contribution is 8.26. The first-order valence-corrected chi connectivity index (χ1v) is 8.36. The molecule has 0 unspecified atom stereocenters. The van der Waals surface area contributed by atoms with E-state index in [2.05, 4.69) is 5.10 Å². The van der Waals surface area contributed by atoms with Crippen LogP contribution in [-0.4, -0.2) is 26.4 Å². The maximum atomic E-state index is 12.4. The van der Waals surface area contributed by atoms with Crippen LogP contribution in [0.25, 0.3) is 6.08 Å². The molecule has 0 aliphatic carbocycles. The lowest BCUT2D eigenvalue weighted by Crippen LogP contribution is -2.22. The minimum Gasteiger partial charge on any atom is -0.401 e. The van der Waals surface area contributed by atoms with Gasteiger partial charge in [0.1, 0.15) is 10.7 Å². The summed E-state index contributed by atoms with van der Waals surface area (Å²) in [6.07, 6.45) is 2.88. The van der Waals surface area contributed by atoms with Gasteiger partial charge in [-0.2, -0.15) is 10.1 Å². The number of furan rings is 1. The van der Waals surface area contributed by atoms with Gasteiger partial charge in [0.2, 0.25) is 0 Å². The zero-order valence-corrected chi connectivity index (χ0v) is 14.7. The number of carbonyl (C=O) groups excluding carboxylic acids is 1. The molecule has 1 aliphatic heterocycles. The summed E-state index contributed by atoms with van der Waals surface area (Å²) in [6, 6.07) is 9.53. The summed E-state index contributed by atoms with van der Waals surface area (Å²) >= 11 is 12.0. The molecule has 1 aromatic carbocycles. The first kappa shape index (κ1) is 17.3. The van der Waals surface area contributed by atoms with Crippen molar-refractivity contribution in [1.29, 1.82) is 0 Å². The van der Waals surface area contributed by atoms with E-state index < -0.39 is 16.7 Å². The van der Waals surface area contributed by atoms with Crippen molar-refractivity contribution in [3.63, 3.8) is 0 Å². The molecule has 3 rings (SSSR count). The Kier molecular flexibility index (Phi) is 4.98. The van der Waals surface area contributed by atoms with Gasteiger partial charge in [-0.25, -0.2) is 0 Å². The second-order valence-corrected chi connectivity index (χ2v) is 6.83. The van der Waals surface area contributed by atoms with E-state index in [1.807, 2.05) is 0 Å². The van der Waals surface area contributed by atoms with E-state index in [0.717, 1.165) is 22.3 Å². The van der Waals surface area contributed by atoms with Crippen LogP contribution < -0.4 is 0 Å². The van der Waals surface area contributed by atoms with Gasteiger partial charge < -0.3 is 4.42 Å². The van der Waals surface area contributed by atoms with Crippen LogP contribution in [0.3, 0.4) is 0 Å². The Bertz CT molecular complexity index is 921. The van der Waals surface area contributed by atoms with Gasteiger partial charge in [-0.3, -0.25) is 14.9 Å². The molecule has 1 amide bonds. The van der Waals surface area contributed by atoms with Crippen LogP contribution in [-0.2, 0) is 4.79 Å². The van der Waals surface area contributed by atoms with Crippen LogP contribution in [0.2, 0.25) is 5.02 Å². The average Bonchev–Trinajstić information content (AvgIpc) is 3.14. The Morgan fingerprint density at radius 3 is 2.64 bits per heavy atom. The third-order valence-corrected chi connectivity index (χ3v) is 4.57. The van der Waals surface area contributed by atoms with Gasteiger partial charge in [-0.1, -0.05) is 35.5 Å². The molecule has 126 valence electrons. The number of amides is 1. The number of rotatable bonds is 4. The number of halogens is 1. The molecule has 0 bridgehead atoms. The number of nitrogens with zero attached hydrogens (tertiary/aromatic N) is 3. The summed E-state index contributed by atoms with van der Waals surface area (Å²) in [4.78, 5) is 22.6. The first-order valence-electron chi connectivity index (χ1n) is 6.76. The molecule has 0 spiro atoms. The quantitative estimate of drug-likeness (QED) is 0.256. The molecule has 1 fully saturated rings. The van der Waals surface area contributed by atoms with Gasteiger partial charge in [-0.15, -0.1) is 0 Å². The number of nitro groups is 1. The lowest BCUT2D eigenvalue weighted by atomic mass is 10.2. The van der Waals surface area contributed by atoms with Crippen LogP contribution in [0.15, 0.2) is 50.8 Å². The molecular weight excluding hydrogens is 386 g/mol. The smallest absolute Gasteiger partial charge is 0.401 e. The van der Waals surface area contributed by atoms with E-state index >= 15 is 0 Å². The van der Waals surface area contributed by atoms with E-state index in [9.17, 15) is 14.9 Å². The molecule has 7 nitrogen and oxygen atoms in total. The van der Waals surface area contributed by atoms with E-state index in [1.165, 1.54) is 24.4 Å². The Hall–Kier alpha value is -2.49. The largest absolute Gasteiger partial charge is 0.433 e. The topological polar surface area (TPSA) is 88.9 Å². The predicted octanol–water partition coefficient (Wildman–Crippen LogP) is 4.08. The monoisotopic (exact) mass is 393 g/mol. The van der Waals surface area contributed by atoms with E-state index in [1.54, 1.807) is 24.3 Å². The van der Waals surface area contributed by atoms with Crippen molar-refractivity contribution in [1.82, 2.24) is 5.01 Å². The summed E-state index contributed by atoms with van der Waals surface area (Å²) in [6.45, 7) is 0. The molecule has 0 atom stereocenters. The summed E-state index contributed by atoms with van der Waals surface area (Å²) in [5.74, 6) is -0.643. The molecule has 2 aromatic rings. The van der Waals surface area contributed by atoms with Crippen molar-refractivity contribution >= 4 is 64.0 Å². The van der Waals surface area contributed by atoms with E-state index in [4.69, 9.17) is 28.2 Å².